The van der Waals surface area contributed by atoms with Crippen LogP contribution in [-0.4, -0.2) is 21.4 Å². The smallest absolute Gasteiger partial charge is 0.229 e. The summed E-state index contributed by atoms with van der Waals surface area (Å²) in [6, 6.07) is 0. The van der Waals surface area contributed by atoms with Gasteiger partial charge >= 0.3 is 0 Å². The van der Waals surface area contributed by atoms with Crippen molar-refractivity contribution in [1.29, 1.82) is 0 Å². The third kappa shape index (κ3) is 2.82. The van der Waals surface area contributed by atoms with Crippen molar-refractivity contribution in [2.45, 2.75) is 58.0 Å². The SMILES string of the molecule is CC(C)Cc1noc(C2CCC(O)CC2)n1. The monoisotopic (exact) mass is 224 g/mol. The van der Waals surface area contributed by atoms with Gasteiger partial charge in [0, 0.05) is 12.3 Å². The van der Waals surface area contributed by atoms with Gasteiger partial charge in [-0.2, -0.15) is 4.98 Å². The van der Waals surface area contributed by atoms with E-state index in [9.17, 15) is 5.11 Å². The third-order valence-electron chi connectivity index (χ3n) is 3.12. The van der Waals surface area contributed by atoms with E-state index < -0.39 is 0 Å². The zero-order chi connectivity index (χ0) is 11.5. The molecule has 16 heavy (non-hydrogen) atoms. The number of aliphatic hydroxyl groups is 1. The van der Waals surface area contributed by atoms with Gasteiger partial charge in [-0.15, -0.1) is 0 Å². The van der Waals surface area contributed by atoms with E-state index in [1.165, 1.54) is 0 Å². The van der Waals surface area contributed by atoms with Crippen LogP contribution in [0.4, 0.5) is 0 Å². The Morgan fingerprint density at radius 2 is 2.00 bits per heavy atom. The van der Waals surface area contributed by atoms with Gasteiger partial charge in [0.1, 0.15) is 0 Å². The Bertz CT molecular complexity index is 328. The first-order valence-electron chi connectivity index (χ1n) is 6.15. The van der Waals surface area contributed by atoms with Crippen LogP contribution < -0.4 is 0 Å². The van der Waals surface area contributed by atoms with Crippen molar-refractivity contribution in [1.82, 2.24) is 10.1 Å². The maximum absolute atomic E-state index is 9.43. The predicted octanol–water partition coefficient (Wildman–Crippen LogP) is 2.29. The predicted molar refractivity (Wildman–Crippen MR) is 60.1 cm³/mol. The van der Waals surface area contributed by atoms with Crippen LogP contribution >= 0.6 is 0 Å². The summed E-state index contributed by atoms with van der Waals surface area (Å²) in [6.45, 7) is 4.29. The summed E-state index contributed by atoms with van der Waals surface area (Å²) in [5.41, 5.74) is 0. The maximum atomic E-state index is 9.43. The summed E-state index contributed by atoms with van der Waals surface area (Å²) in [4.78, 5) is 4.44. The molecule has 1 N–H and O–H groups in total. The molecule has 0 spiro atoms. The summed E-state index contributed by atoms with van der Waals surface area (Å²) < 4.78 is 5.30. The molecule has 4 nitrogen and oxygen atoms in total. The lowest BCUT2D eigenvalue weighted by molar-refractivity contribution is 0.116. The second-order valence-electron chi connectivity index (χ2n) is 5.15. The Labute approximate surface area is 96.1 Å². The van der Waals surface area contributed by atoms with Gasteiger partial charge in [-0.25, -0.2) is 0 Å². The lowest BCUT2D eigenvalue weighted by Gasteiger charge is -2.22. The topological polar surface area (TPSA) is 59.2 Å². The Morgan fingerprint density at radius 1 is 1.31 bits per heavy atom. The van der Waals surface area contributed by atoms with Crippen molar-refractivity contribution in [2.24, 2.45) is 5.92 Å². The highest BCUT2D eigenvalue weighted by Crippen LogP contribution is 2.31. The van der Waals surface area contributed by atoms with Gasteiger partial charge in [0.25, 0.3) is 0 Å². The summed E-state index contributed by atoms with van der Waals surface area (Å²) >= 11 is 0. The molecule has 0 aromatic carbocycles. The average molecular weight is 224 g/mol. The van der Waals surface area contributed by atoms with Crippen molar-refractivity contribution >= 4 is 0 Å². The lowest BCUT2D eigenvalue weighted by Crippen LogP contribution is -2.17. The minimum Gasteiger partial charge on any atom is -0.393 e. The molecule has 0 amide bonds. The van der Waals surface area contributed by atoms with E-state index in [-0.39, 0.29) is 6.10 Å². The molecule has 1 saturated carbocycles. The molecule has 0 saturated heterocycles. The molecule has 4 heteroatoms. The van der Waals surface area contributed by atoms with Crippen LogP contribution in [0.5, 0.6) is 0 Å². The van der Waals surface area contributed by atoms with Gasteiger partial charge in [-0.3, -0.25) is 0 Å². The van der Waals surface area contributed by atoms with Crippen LogP contribution in [0, 0.1) is 5.92 Å². The number of hydrogen-bond donors (Lipinski definition) is 1. The minimum absolute atomic E-state index is 0.130. The zero-order valence-corrected chi connectivity index (χ0v) is 10.0. The summed E-state index contributed by atoms with van der Waals surface area (Å²) in [6.07, 6.45) is 4.38. The van der Waals surface area contributed by atoms with E-state index in [2.05, 4.69) is 24.0 Å². The molecule has 1 aliphatic carbocycles. The van der Waals surface area contributed by atoms with Gasteiger partial charge < -0.3 is 9.63 Å². The van der Waals surface area contributed by atoms with Crippen LogP contribution in [0.1, 0.15) is 57.2 Å². The first-order valence-corrected chi connectivity index (χ1v) is 6.15. The summed E-state index contributed by atoms with van der Waals surface area (Å²) in [5, 5.41) is 13.4. The van der Waals surface area contributed by atoms with E-state index in [0.29, 0.717) is 11.8 Å². The largest absolute Gasteiger partial charge is 0.393 e. The van der Waals surface area contributed by atoms with Gasteiger partial charge in [-0.05, 0) is 31.6 Å². The van der Waals surface area contributed by atoms with Crippen molar-refractivity contribution < 1.29 is 9.63 Å². The van der Waals surface area contributed by atoms with E-state index >= 15 is 0 Å². The highest BCUT2D eigenvalue weighted by molar-refractivity contribution is 4.96. The van der Waals surface area contributed by atoms with Crippen LogP contribution in [0.3, 0.4) is 0 Å². The molecule has 1 heterocycles. The van der Waals surface area contributed by atoms with Crippen molar-refractivity contribution in [3.05, 3.63) is 11.7 Å². The van der Waals surface area contributed by atoms with Gasteiger partial charge in [0.05, 0.1) is 6.10 Å². The van der Waals surface area contributed by atoms with Crippen LogP contribution in [0.25, 0.3) is 0 Å². The summed E-state index contributed by atoms with van der Waals surface area (Å²) in [7, 11) is 0. The molecule has 2 rings (SSSR count). The van der Waals surface area contributed by atoms with Gasteiger partial charge in [0.15, 0.2) is 5.82 Å². The Hall–Kier alpha value is -0.900. The van der Waals surface area contributed by atoms with Crippen molar-refractivity contribution in [2.75, 3.05) is 0 Å². The molecule has 1 aromatic rings. The second kappa shape index (κ2) is 4.95. The molecule has 0 aliphatic heterocycles. The fourth-order valence-electron chi connectivity index (χ4n) is 2.20. The highest BCUT2D eigenvalue weighted by atomic mass is 16.5. The Balaban J connectivity index is 1.96. The van der Waals surface area contributed by atoms with E-state index in [4.69, 9.17) is 4.52 Å². The summed E-state index contributed by atoms with van der Waals surface area (Å²) in [5.74, 6) is 2.49. The van der Waals surface area contributed by atoms with Gasteiger partial charge in [-0.1, -0.05) is 19.0 Å². The minimum atomic E-state index is -0.130. The molecule has 0 radical (unpaired) electrons. The highest BCUT2D eigenvalue weighted by Gasteiger charge is 2.25. The number of hydrogen-bond acceptors (Lipinski definition) is 4. The Morgan fingerprint density at radius 3 is 2.62 bits per heavy atom. The van der Waals surface area contributed by atoms with Crippen molar-refractivity contribution in [3.8, 4) is 0 Å². The number of aromatic nitrogens is 2. The third-order valence-corrected chi connectivity index (χ3v) is 3.12. The van der Waals surface area contributed by atoms with E-state index in [1.807, 2.05) is 0 Å². The molecular weight excluding hydrogens is 204 g/mol. The van der Waals surface area contributed by atoms with Gasteiger partial charge in [0.2, 0.25) is 5.89 Å². The molecule has 1 aliphatic rings. The first kappa shape index (κ1) is 11.6. The number of nitrogens with zero attached hydrogens (tertiary/aromatic N) is 2. The number of aliphatic hydroxyl groups excluding tert-OH is 1. The average Bonchev–Trinajstić information content (AvgIpc) is 2.66. The van der Waals surface area contributed by atoms with E-state index in [1.54, 1.807) is 0 Å². The molecule has 0 unspecified atom stereocenters. The zero-order valence-electron chi connectivity index (χ0n) is 10.0. The fourth-order valence-corrected chi connectivity index (χ4v) is 2.20. The first-order chi connectivity index (χ1) is 7.65. The molecule has 1 fully saturated rings. The number of rotatable bonds is 3. The fraction of sp³-hybridized carbons (Fsp3) is 0.833. The molecule has 1 aromatic heterocycles. The molecule has 0 atom stereocenters. The quantitative estimate of drug-likeness (QED) is 0.855. The maximum Gasteiger partial charge on any atom is 0.229 e. The Kier molecular flexibility index (Phi) is 3.59. The van der Waals surface area contributed by atoms with Crippen molar-refractivity contribution in [3.63, 3.8) is 0 Å². The molecule has 90 valence electrons. The lowest BCUT2D eigenvalue weighted by atomic mass is 9.87. The second-order valence-corrected chi connectivity index (χ2v) is 5.15. The molecular formula is C12H20N2O2. The van der Waals surface area contributed by atoms with Crippen LogP contribution in [0.15, 0.2) is 4.52 Å². The molecule has 0 bridgehead atoms. The normalized spacial score (nSPS) is 26.2. The van der Waals surface area contributed by atoms with Crippen LogP contribution in [-0.2, 0) is 6.42 Å². The standard InChI is InChI=1S/C12H20N2O2/c1-8(2)7-11-13-12(16-14-11)9-3-5-10(15)6-4-9/h8-10,15H,3-7H2,1-2H3. The van der Waals surface area contributed by atoms with Crippen LogP contribution in [0.2, 0.25) is 0 Å². The van der Waals surface area contributed by atoms with E-state index in [0.717, 1.165) is 43.8 Å².